The van der Waals surface area contributed by atoms with Crippen molar-refractivity contribution in [2.24, 2.45) is 5.73 Å². The summed E-state index contributed by atoms with van der Waals surface area (Å²) in [4.78, 5) is 1.97. The molecule has 2 unspecified atom stereocenters. The normalized spacial score (nSPS) is 13.1. The van der Waals surface area contributed by atoms with Gasteiger partial charge in [0.05, 0.1) is 11.0 Å². The van der Waals surface area contributed by atoms with Crippen molar-refractivity contribution < 1.29 is 14.9 Å². The van der Waals surface area contributed by atoms with Crippen LogP contribution in [0, 0.1) is 0 Å². The lowest BCUT2D eigenvalue weighted by atomic mass is 10.0. The Balaban J connectivity index is 1.68. The number of para-hydroxylation sites is 1. The van der Waals surface area contributed by atoms with Crippen LogP contribution in [0.3, 0.4) is 0 Å². The molecule has 0 aliphatic carbocycles. The fraction of sp³-hybridized carbons (Fsp3) is 0.250. The lowest BCUT2D eigenvalue weighted by molar-refractivity contribution is 0.118. The number of benzene rings is 3. The summed E-state index contributed by atoms with van der Waals surface area (Å²) in [5.74, 6) is 0.815. The number of rotatable bonds is 10. The number of ether oxygens (including phenoxy) is 1. The molecule has 4 N–H and O–H groups in total. The number of aliphatic hydroxyl groups excluding tert-OH is 2. The fourth-order valence-corrected chi connectivity index (χ4v) is 4.40. The first-order valence-corrected chi connectivity index (χ1v) is 11.0. The van der Waals surface area contributed by atoms with E-state index in [-0.39, 0.29) is 12.6 Å². The minimum atomic E-state index is -0.649. The SMILES string of the molecule is NC(CC(O)CCO)c1ccc(Sc2ccccc2OCc2ccccc2)cc1Cl. The molecule has 158 valence electrons. The smallest absolute Gasteiger partial charge is 0.133 e. The van der Waals surface area contributed by atoms with Crippen LogP contribution in [-0.4, -0.2) is 22.9 Å². The minimum absolute atomic E-state index is 0.0665. The Labute approximate surface area is 186 Å². The largest absolute Gasteiger partial charge is 0.488 e. The molecule has 0 aliphatic heterocycles. The highest BCUT2D eigenvalue weighted by atomic mass is 35.5. The maximum absolute atomic E-state index is 9.88. The second kappa shape index (κ2) is 11.4. The van der Waals surface area contributed by atoms with E-state index in [0.29, 0.717) is 24.5 Å². The van der Waals surface area contributed by atoms with E-state index >= 15 is 0 Å². The highest BCUT2D eigenvalue weighted by Crippen LogP contribution is 2.37. The predicted octanol–water partition coefficient (Wildman–Crippen LogP) is 5.20. The average molecular weight is 444 g/mol. The van der Waals surface area contributed by atoms with Gasteiger partial charge in [-0.1, -0.05) is 71.9 Å². The van der Waals surface area contributed by atoms with Gasteiger partial charge in [-0.3, -0.25) is 0 Å². The number of hydrogen-bond donors (Lipinski definition) is 3. The van der Waals surface area contributed by atoms with Gasteiger partial charge in [-0.15, -0.1) is 0 Å². The van der Waals surface area contributed by atoms with Gasteiger partial charge >= 0.3 is 0 Å². The van der Waals surface area contributed by atoms with Crippen LogP contribution >= 0.6 is 23.4 Å². The Morgan fingerprint density at radius 3 is 2.47 bits per heavy atom. The molecule has 0 fully saturated rings. The van der Waals surface area contributed by atoms with Gasteiger partial charge in [-0.05, 0) is 48.2 Å². The molecule has 0 spiro atoms. The first kappa shape index (κ1) is 22.7. The second-order valence-electron chi connectivity index (χ2n) is 7.01. The van der Waals surface area contributed by atoms with Crippen molar-refractivity contribution in [3.63, 3.8) is 0 Å². The van der Waals surface area contributed by atoms with Crippen molar-refractivity contribution in [2.75, 3.05) is 6.61 Å². The van der Waals surface area contributed by atoms with Gasteiger partial charge < -0.3 is 20.7 Å². The Morgan fingerprint density at radius 2 is 1.73 bits per heavy atom. The van der Waals surface area contributed by atoms with E-state index in [9.17, 15) is 5.11 Å². The summed E-state index contributed by atoms with van der Waals surface area (Å²) in [5, 5.41) is 19.4. The summed E-state index contributed by atoms with van der Waals surface area (Å²) in [6.07, 6.45) is 0.00541. The molecule has 6 heteroatoms. The lowest BCUT2D eigenvalue weighted by Crippen LogP contribution is -2.20. The molecule has 0 bridgehead atoms. The highest BCUT2D eigenvalue weighted by Gasteiger charge is 2.16. The van der Waals surface area contributed by atoms with Crippen LogP contribution in [-0.2, 0) is 6.61 Å². The molecule has 0 radical (unpaired) electrons. The van der Waals surface area contributed by atoms with E-state index in [1.54, 1.807) is 11.8 Å². The molecule has 0 saturated heterocycles. The zero-order chi connectivity index (χ0) is 21.3. The zero-order valence-corrected chi connectivity index (χ0v) is 18.1. The third kappa shape index (κ3) is 6.49. The maximum Gasteiger partial charge on any atom is 0.133 e. The van der Waals surface area contributed by atoms with Crippen LogP contribution in [0.25, 0.3) is 0 Å². The molecule has 0 saturated carbocycles. The van der Waals surface area contributed by atoms with Gasteiger partial charge in [0, 0.05) is 22.6 Å². The van der Waals surface area contributed by atoms with E-state index < -0.39 is 6.10 Å². The summed E-state index contributed by atoms with van der Waals surface area (Å²) in [6, 6.07) is 23.3. The first-order valence-electron chi connectivity index (χ1n) is 9.84. The van der Waals surface area contributed by atoms with E-state index in [4.69, 9.17) is 27.2 Å². The molecule has 4 nitrogen and oxygen atoms in total. The molecule has 0 heterocycles. The summed E-state index contributed by atoms with van der Waals surface area (Å²) in [7, 11) is 0. The maximum atomic E-state index is 9.88. The van der Waals surface area contributed by atoms with Gasteiger partial charge in [0.15, 0.2) is 0 Å². The van der Waals surface area contributed by atoms with Crippen molar-refractivity contribution in [3.05, 3.63) is 88.9 Å². The van der Waals surface area contributed by atoms with Crippen LogP contribution in [0.2, 0.25) is 5.02 Å². The number of halogens is 1. The van der Waals surface area contributed by atoms with Crippen molar-refractivity contribution >= 4 is 23.4 Å². The predicted molar refractivity (Wildman–Crippen MR) is 122 cm³/mol. The van der Waals surface area contributed by atoms with Crippen molar-refractivity contribution in [2.45, 2.75) is 41.4 Å². The fourth-order valence-electron chi connectivity index (χ4n) is 3.08. The Morgan fingerprint density at radius 1 is 1.00 bits per heavy atom. The number of aliphatic hydroxyl groups is 2. The monoisotopic (exact) mass is 443 g/mol. The second-order valence-corrected chi connectivity index (χ2v) is 8.54. The topological polar surface area (TPSA) is 75.7 Å². The van der Waals surface area contributed by atoms with E-state index in [1.165, 1.54) is 0 Å². The van der Waals surface area contributed by atoms with Crippen molar-refractivity contribution in [1.29, 1.82) is 0 Å². The summed E-state index contributed by atoms with van der Waals surface area (Å²) in [5.41, 5.74) is 8.09. The number of hydrogen-bond acceptors (Lipinski definition) is 5. The zero-order valence-electron chi connectivity index (χ0n) is 16.6. The quantitative estimate of drug-likeness (QED) is 0.401. The average Bonchev–Trinajstić information content (AvgIpc) is 2.74. The summed E-state index contributed by atoms with van der Waals surface area (Å²) in [6.45, 7) is 0.437. The number of nitrogens with two attached hydrogens (primary N) is 1. The Bertz CT molecular complexity index is 939. The van der Waals surface area contributed by atoms with E-state index in [1.807, 2.05) is 72.8 Å². The molecule has 2 atom stereocenters. The third-order valence-electron chi connectivity index (χ3n) is 4.67. The van der Waals surface area contributed by atoms with Gasteiger partial charge in [0.25, 0.3) is 0 Å². The van der Waals surface area contributed by atoms with Crippen LogP contribution in [0.5, 0.6) is 5.75 Å². The van der Waals surface area contributed by atoms with Gasteiger partial charge in [-0.25, -0.2) is 0 Å². The highest BCUT2D eigenvalue weighted by molar-refractivity contribution is 7.99. The summed E-state index contributed by atoms with van der Waals surface area (Å²) < 4.78 is 6.03. The van der Waals surface area contributed by atoms with Crippen molar-refractivity contribution in [3.8, 4) is 5.75 Å². The molecule has 0 aliphatic rings. The van der Waals surface area contributed by atoms with Crippen LogP contribution < -0.4 is 10.5 Å². The van der Waals surface area contributed by atoms with E-state index in [2.05, 4.69) is 0 Å². The van der Waals surface area contributed by atoms with Crippen LogP contribution in [0.4, 0.5) is 0 Å². The molecule has 3 aromatic rings. The standard InChI is InChI=1S/C24H26ClNO3S/c25-21-15-19(10-11-20(21)22(26)14-18(28)12-13-27)30-24-9-5-4-8-23(24)29-16-17-6-2-1-3-7-17/h1-11,15,18,22,27-28H,12-14,16,26H2. The van der Waals surface area contributed by atoms with Crippen LogP contribution in [0.1, 0.15) is 30.0 Å². The van der Waals surface area contributed by atoms with E-state index in [0.717, 1.165) is 26.7 Å². The molecule has 30 heavy (non-hydrogen) atoms. The van der Waals surface area contributed by atoms with Gasteiger partial charge in [0.2, 0.25) is 0 Å². The Kier molecular flexibility index (Phi) is 8.61. The molecular formula is C24H26ClNO3S. The summed E-state index contributed by atoms with van der Waals surface area (Å²) >= 11 is 8.05. The third-order valence-corrected chi connectivity index (χ3v) is 6.05. The minimum Gasteiger partial charge on any atom is -0.488 e. The molecule has 0 amide bonds. The van der Waals surface area contributed by atoms with Gasteiger partial charge in [-0.2, -0.15) is 0 Å². The lowest BCUT2D eigenvalue weighted by Gasteiger charge is -2.18. The molecule has 0 aromatic heterocycles. The molecule has 3 rings (SSSR count). The first-order chi connectivity index (χ1) is 14.6. The Hall–Kier alpha value is -2.02. The van der Waals surface area contributed by atoms with Gasteiger partial charge in [0.1, 0.15) is 12.4 Å². The molecule has 3 aromatic carbocycles. The molecular weight excluding hydrogens is 418 g/mol. The van der Waals surface area contributed by atoms with Crippen LogP contribution in [0.15, 0.2) is 82.6 Å². The van der Waals surface area contributed by atoms with Crippen molar-refractivity contribution in [1.82, 2.24) is 0 Å².